The first-order valence-corrected chi connectivity index (χ1v) is 10.5. The maximum Gasteiger partial charge on any atom is 0.316 e. The molecule has 6 heteroatoms. The second-order valence-electron chi connectivity index (χ2n) is 9.33. The van der Waals surface area contributed by atoms with Crippen LogP contribution in [0.25, 0.3) is 0 Å². The zero-order valence-corrected chi connectivity index (χ0v) is 17.0. The summed E-state index contributed by atoms with van der Waals surface area (Å²) < 4.78 is 5.35. The molecule has 1 unspecified atom stereocenters. The van der Waals surface area contributed by atoms with Gasteiger partial charge in [0.2, 0.25) is 5.91 Å². The largest absolute Gasteiger partial charge is 0.468 e. The van der Waals surface area contributed by atoms with Gasteiger partial charge in [0, 0.05) is 42.6 Å². The van der Waals surface area contributed by atoms with Gasteiger partial charge < -0.3 is 14.7 Å². The van der Waals surface area contributed by atoms with Crippen molar-refractivity contribution in [1.82, 2.24) is 4.90 Å². The van der Waals surface area contributed by atoms with Crippen LogP contribution in [0.3, 0.4) is 0 Å². The van der Waals surface area contributed by atoms with E-state index in [1.807, 2.05) is 36.1 Å². The van der Waals surface area contributed by atoms with E-state index in [0.717, 1.165) is 24.2 Å². The minimum Gasteiger partial charge on any atom is -0.468 e. The minimum absolute atomic E-state index is 0.00391. The van der Waals surface area contributed by atoms with Crippen LogP contribution in [0.5, 0.6) is 0 Å². The third-order valence-electron chi connectivity index (χ3n) is 8.80. The summed E-state index contributed by atoms with van der Waals surface area (Å²) in [5, 5.41) is 12.1. The number of methoxy groups -OCH3 is 1. The van der Waals surface area contributed by atoms with Crippen molar-refractivity contribution in [3.05, 3.63) is 41.5 Å². The van der Waals surface area contributed by atoms with Crippen molar-refractivity contribution in [3.8, 4) is 0 Å². The van der Waals surface area contributed by atoms with Crippen molar-refractivity contribution in [2.75, 3.05) is 18.6 Å². The van der Waals surface area contributed by atoms with Crippen molar-refractivity contribution in [2.45, 2.75) is 56.3 Å². The Morgan fingerprint density at radius 3 is 2.76 bits per heavy atom. The highest BCUT2D eigenvalue weighted by atomic mass is 16.5. The second kappa shape index (κ2) is 5.29. The molecule has 7 rings (SSSR count). The fourth-order valence-corrected chi connectivity index (χ4v) is 8.04. The molecule has 1 amide bonds. The van der Waals surface area contributed by atoms with E-state index in [0.29, 0.717) is 6.42 Å². The average Bonchev–Trinajstić information content (AvgIpc) is 3.16. The summed E-state index contributed by atoms with van der Waals surface area (Å²) in [5.41, 5.74) is 1.51. The number of carbonyl (C=O) groups is 2. The number of anilines is 1. The number of hydrogen-bond acceptors (Lipinski definition) is 5. The van der Waals surface area contributed by atoms with Crippen LogP contribution in [0.1, 0.15) is 32.3 Å². The number of allylic oxidation sites excluding steroid dienone is 1. The SMILES string of the molecule is CC=C1CN2[C@H]3C[C@@]45c6ccccc6N(C(C)=O)[C@@H]4[C@@H]2C[C@@H]1[C@]3(C(=O)OC)[C@H]5O. The molecular weight excluding hydrogens is 368 g/mol. The van der Waals surface area contributed by atoms with Gasteiger partial charge in [-0.3, -0.25) is 14.5 Å². The van der Waals surface area contributed by atoms with E-state index in [2.05, 4.69) is 11.0 Å². The summed E-state index contributed by atoms with van der Waals surface area (Å²) in [7, 11) is 1.43. The summed E-state index contributed by atoms with van der Waals surface area (Å²) in [6.07, 6.45) is 2.66. The molecule has 5 aliphatic heterocycles. The van der Waals surface area contributed by atoms with Crippen LogP contribution >= 0.6 is 0 Å². The number of aliphatic hydroxyl groups is 1. The Bertz CT molecular complexity index is 989. The number of aliphatic hydroxyl groups excluding tert-OH is 1. The zero-order valence-electron chi connectivity index (χ0n) is 17.0. The monoisotopic (exact) mass is 394 g/mol. The van der Waals surface area contributed by atoms with Crippen LogP contribution < -0.4 is 4.90 Å². The molecule has 5 fully saturated rings. The van der Waals surface area contributed by atoms with Gasteiger partial charge in [-0.2, -0.15) is 0 Å². The highest BCUT2D eigenvalue weighted by molar-refractivity contribution is 5.97. The number of rotatable bonds is 1. The Hall–Kier alpha value is -2.18. The molecule has 152 valence electrons. The molecule has 5 bridgehead atoms. The van der Waals surface area contributed by atoms with E-state index < -0.39 is 16.9 Å². The van der Waals surface area contributed by atoms with Crippen LogP contribution in [0.15, 0.2) is 35.9 Å². The Morgan fingerprint density at radius 1 is 1.31 bits per heavy atom. The maximum absolute atomic E-state index is 13.4. The topological polar surface area (TPSA) is 70.1 Å². The number of nitrogens with zero attached hydrogens (tertiary/aromatic N) is 2. The van der Waals surface area contributed by atoms with Crippen LogP contribution in [-0.2, 0) is 19.7 Å². The first-order valence-electron chi connectivity index (χ1n) is 10.5. The summed E-state index contributed by atoms with van der Waals surface area (Å²) in [6.45, 7) is 4.42. The van der Waals surface area contributed by atoms with Gasteiger partial charge in [0.05, 0.1) is 19.3 Å². The van der Waals surface area contributed by atoms with E-state index in [1.165, 1.54) is 12.7 Å². The minimum atomic E-state index is -0.972. The van der Waals surface area contributed by atoms with Crippen LogP contribution in [0.2, 0.25) is 0 Å². The molecule has 8 atom stereocenters. The summed E-state index contributed by atoms with van der Waals surface area (Å²) in [6, 6.07) is 7.86. The lowest BCUT2D eigenvalue weighted by molar-refractivity contribution is -0.179. The molecule has 1 aromatic carbocycles. The van der Waals surface area contributed by atoms with Crippen molar-refractivity contribution in [3.63, 3.8) is 0 Å². The smallest absolute Gasteiger partial charge is 0.316 e. The van der Waals surface area contributed by atoms with E-state index in [-0.39, 0.29) is 35.9 Å². The van der Waals surface area contributed by atoms with E-state index in [9.17, 15) is 14.7 Å². The van der Waals surface area contributed by atoms with Gasteiger partial charge in [0.1, 0.15) is 5.41 Å². The number of para-hydroxylation sites is 1. The normalized spacial score (nSPS) is 46.8. The maximum atomic E-state index is 13.4. The van der Waals surface area contributed by atoms with Gasteiger partial charge in [0.25, 0.3) is 0 Å². The molecule has 0 radical (unpaired) electrons. The summed E-state index contributed by atoms with van der Waals surface area (Å²) in [5.74, 6) is -0.351. The third kappa shape index (κ3) is 1.60. The van der Waals surface area contributed by atoms with Gasteiger partial charge in [0.15, 0.2) is 0 Å². The van der Waals surface area contributed by atoms with Gasteiger partial charge >= 0.3 is 5.97 Å². The van der Waals surface area contributed by atoms with Crippen molar-refractivity contribution in [2.24, 2.45) is 11.3 Å². The highest BCUT2D eigenvalue weighted by Crippen LogP contribution is 2.72. The Labute approximate surface area is 170 Å². The van der Waals surface area contributed by atoms with E-state index in [1.54, 1.807) is 6.92 Å². The zero-order chi connectivity index (χ0) is 20.3. The second-order valence-corrected chi connectivity index (χ2v) is 9.33. The Kier molecular flexibility index (Phi) is 3.22. The number of ether oxygens (including phenoxy) is 1. The molecule has 1 saturated carbocycles. The van der Waals surface area contributed by atoms with Crippen LogP contribution in [0.4, 0.5) is 5.69 Å². The predicted molar refractivity (Wildman–Crippen MR) is 106 cm³/mol. The number of esters is 1. The quantitative estimate of drug-likeness (QED) is 0.579. The van der Waals surface area contributed by atoms with Crippen LogP contribution in [-0.4, -0.2) is 59.8 Å². The summed E-state index contributed by atoms with van der Waals surface area (Å²) >= 11 is 0. The van der Waals surface area contributed by atoms with Gasteiger partial charge in [-0.1, -0.05) is 29.8 Å². The number of benzene rings is 1. The van der Waals surface area contributed by atoms with Crippen molar-refractivity contribution < 1.29 is 19.4 Å². The van der Waals surface area contributed by atoms with Crippen molar-refractivity contribution >= 4 is 17.6 Å². The standard InChI is InChI=1S/C23H26N2O4/c1-4-13-11-24-17-9-15(13)23(21(28)29-3)18(24)10-22(20(23)27)14-7-5-6-8-16(14)25(12(2)26)19(17)22/h4-8,15,17-20,27H,9-11H2,1-3H3/t15-,17-,18-,19+,20-,22+,23+/m0/s1. The Balaban J connectivity index is 1.68. The van der Waals surface area contributed by atoms with Gasteiger partial charge in [-0.25, -0.2) is 0 Å². The highest BCUT2D eigenvalue weighted by Gasteiger charge is 2.83. The molecule has 0 aromatic heterocycles. The van der Waals surface area contributed by atoms with E-state index >= 15 is 0 Å². The van der Waals surface area contributed by atoms with Gasteiger partial charge in [-0.15, -0.1) is 0 Å². The average molecular weight is 394 g/mol. The fourth-order valence-electron chi connectivity index (χ4n) is 8.04. The molecule has 4 saturated heterocycles. The molecule has 1 N–H and O–H groups in total. The number of fused-ring (bicyclic) bond motifs is 2. The fraction of sp³-hybridized carbons (Fsp3) is 0.565. The Morgan fingerprint density at radius 2 is 2.07 bits per heavy atom. The molecule has 1 aromatic rings. The number of carbonyl (C=O) groups excluding carboxylic acids is 2. The van der Waals surface area contributed by atoms with Crippen LogP contribution in [0, 0.1) is 11.3 Å². The lowest BCUT2D eigenvalue weighted by atomic mass is 9.58. The first-order chi connectivity index (χ1) is 13.9. The van der Waals surface area contributed by atoms with Gasteiger partial charge in [-0.05, 0) is 31.4 Å². The lowest BCUT2D eigenvalue weighted by Crippen LogP contribution is -2.72. The lowest BCUT2D eigenvalue weighted by Gasteiger charge is -2.61. The first kappa shape index (κ1) is 17.7. The number of hydrogen-bond donors (Lipinski definition) is 1. The number of piperidine rings is 4. The molecule has 1 aliphatic carbocycles. The molecule has 5 heterocycles. The molecule has 6 nitrogen and oxygen atoms in total. The summed E-state index contributed by atoms with van der Waals surface area (Å²) in [4.78, 5) is 30.5. The van der Waals surface area contributed by atoms with E-state index in [4.69, 9.17) is 4.74 Å². The predicted octanol–water partition coefficient (Wildman–Crippen LogP) is 1.62. The third-order valence-corrected chi connectivity index (χ3v) is 8.80. The molecule has 6 aliphatic rings. The molecule has 29 heavy (non-hydrogen) atoms. The van der Waals surface area contributed by atoms with Crippen molar-refractivity contribution in [1.29, 1.82) is 0 Å². The molecular formula is C23H26N2O4. The molecule has 1 spiro atoms. The number of amides is 1.